The van der Waals surface area contributed by atoms with Crippen LogP contribution in [0.5, 0.6) is 0 Å². The van der Waals surface area contributed by atoms with Gasteiger partial charge in [-0.1, -0.05) is 6.07 Å². The molecule has 3 aromatic rings. The largest absolute Gasteiger partial charge is 0.446 e. The summed E-state index contributed by atoms with van der Waals surface area (Å²) >= 11 is 0.741. The van der Waals surface area contributed by atoms with Gasteiger partial charge in [-0.3, -0.25) is 14.5 Å². The number of rotatable bonds is 7. The van der Waals surface area contributed by atoms with Crippen LogP contribution >= 0.6 is 23.1 Å². The highest BCUT2D eigenvalue weighted by molar-refractivity contribution is 8.00. The van der Waals surface area contributed by atoms with Gasteiger partial charge in [0.1, 0.15) is 10.3 Å². The molecule has 0 saturated carbocycles. The number of thioether (sulfide) groups is 1. The SMILES string of the molecule is CC1C(=O)N(c2ccc(SC(F)(F)F)cc2)C(=O)N1Cc1ccncc1NS(=O)(=O)c1cccs1. The van der Waals surface area contributed by atoms with Crippen molar-refractivity contribution in [2.45, 2.75) is 34.1 Å². The number of nitrogens with one attached hydrogen (secondary N) is 1. The van der Waals surface area contributed by atoms with Crippen molar-refractivity contribution in [3.63, 3.8) is 0 Å². The van der Waals surface area contributed by atoms with Crippen LogP contribution in [0.2, 0.25) is 0 Å². The smallest absolute Gasteiger partial charge is 0.308 e. The fourth-order valence-electron chi connectivity index (χ4n) is 3.40. The lowest BCUT2D eigenvalue weighted by Gasteiger charge is -2.21. The van der Waals surface area contributed by atoms with Gasteiger partial charge in [0.05, 0.1) is 24.1 Å². The van der Waals surface area contributed by atoms with Crippen molar-refractivity contribution < 1.29 is 31.2 Å². The normalized spacial score (nSPS) is 16.7. The molecule has 14 heteroatoms. The average Bonchev–Trinajstić information content (AvgIpc) is 3.40. The van der Waals surface area contributed by atoms with Crippen molar-refractivity contribution in [1.82, 2.24) is 9.88 Å². The molecule has 3 amide bonds. The molecule has 0 bridgehead atoms. The number of benzene rings is 1. The van der Waals surface area contributed by atoms with Gasteiger partial charge >= 0.3 is 11.5 Å². The quantitative estimate of drug-likeness (QED) is 0.336. The Labute approximate surface area is 206 Å². The van der Waals surface area contributed by atoms with Gasteiger partial charge in [-0.2, -0.15) is 13.2 Å². The summed E-state index contributed by atoms with van der Waals surface area (Å²) in [7, 11) is -3.87. The van der Waals surface area contributed by atoms with Crippen molar-refractivity contribution in [3.05, 3.63) is 65.8 Å². The Kier molecular flexibility index (Phi) is 6.79. The van der Waals surface area contributed by atoms with E-state index in [-0.39, 0.29) is 38.8 Å². The number of sulfonamides is 1. The van der Waals surface area contributed by atoms with Gasteiger partial charge in [-0.05, 0) is 66.0 Å². The van der Waals surface area contributed by atoms with E-state index in [1.165, 1.54) is 60.6 Å². The third-order valence-electron chi connectivity index (χ3n) is 5.07. The fourth-order valence-corrected chi connectivity index (χ4v) is 6.01. The standard InChI is InChI=1S/C21H17F3N4O4S3/c1-13-19(29)28(15-4-6-16(7-5-15)34-21(22,23)24)20(30)27(13)12-14-8-9-25-11-17(14)26-35(31,32)18-3-2-10-33-18/h2-11,13,26H,12H2,1H3. The lowest BCUT2D eigenvalue weighted by atomic mass is 10.2. The van der Waals surface area contributed by atoms with Crippen LogP contribution in [0.25, 0.3) is 0 Å². The minimum absolute atomic E-state index is 0.0790. The molecule has 3 heterocycles. The molecule has 1 N–H and O–H groups in total. The highest BCUT2D eigenvalue weighted by atomic mass is 32.2. The molecule has 1 aliphatic rings. The zero-order valence-electron chi connectivity index (χ0n) is 17.9. The molecule has 184 valence electrons. The van der Waals surface area contributed by atoms with Crippen LogP contribution in [0.4, 0.5) is 29.3 Å². The summed E-state index contributed by atoms with van der Waals surface area (Å²) in [5.41, 5.74) is -3.76. The number of thiophene rings is 1. The number of carbonyl (C=O) groups excluding carboxylic acids is 2. The number of hydrogen-bond donors (Lipinski definition) is 1. The lowest BCUT2D eigenvalue weighted by molar-refractivity contribution is -0.119. The van der Waals surface area contributed by atoms with Gasteiger partial charge < -0.3 is 4.90 Å². The van der Waals surface area contributed by atoms with Crippen molar-refractivity contribution in [1.29, 1.82) is 0 Å². The fraction of sp³-hybridized carbons (Fsp3) is 0.190. The summed E-state index contributed by atoms with van der Waals surface area (Å²) in [6.45, 7) is 1.42. The molecule has 1 atom stereocenters. The highest BCUT2D eigenvalue weighted by Gasteiger charge is 2.43. The average molecular weight is 543 g/mol. The van der Waals surface area contributed by atoms with Crippen LogP contribution in [0.15, 0.2) is 69.3 Å². The molecule has 4 rings (SSSR count). The minimum Gasteiger partial charge on any atom is -0.308 e. The predicted molar refractivity (Wildman–Crippen MR) is 126 cm³/mol. The molecule has 1 aromatic carbocycles. The minimum atomic E-state index is -4.46. The Morgan fingerprint density at radius 3 is 2.49 bits per heavy atom. The zero-order valence-corrected chi connectivity index (χ0v) is 20.3. The van der Waals surface area contributed by atoms with E-state index >= 15 is 0 Å². The first-order valence-electron chi connectivity index (χ1n) is 9.96. The van der Waals surface area contributed by atoms with E-state index in [9.17, 15) is 31.2 Å². The maximum absolute atomic E-state index is 13.1. The number of alkyl halides is 3. The maximum Gasteiger partial charge on any atom is 0.446 e. The molecule has 35 heavy (non-hydrogen) atoms. The Morgan fingerprint density at radius 1 is 1.14 bits per heavy atom. The summed E-state index contributed by atoms with van der Waals surface area (Å²) in [6.07, 6.45) is 2.74. The molecule has 0 radical (unpaired) electrons. The van der Waals surface area contributed by atoms with E-state index in [0.29, 0.717) is 5.56 Å². The van der Waals surface area contributed by atoms with Gasteiger partial charge in [-0.15, -0.1) is 11.3 Å². The second-order valence-corrected chi connectivity index (χ2v) is 11.4. The second kappa shape index (κ2) is 9.51. The monoisotopic (exact) mass is 542 g/mol. The number of carbonyl (C=O) groups is 2. The molecule has 1 aliphatic heterocycles. The molecule has 1 unspecified atom stereocenters. The van der Waals surface area contributed by atoms with Crippen LogP contribution in [-0.2, 0) is 21.4 Å². The molecular weight excluding hydrogens is 525 g/mol. The number of nitrogens with zero attached hydrogens (tertiary/aromatic N) is 3. The number of amides is 3. The van der Waals surface area contributed by atoms with Crippen molar-refractivity contribution >= 4 is 56.4 Å². The number of urea groups is 1. The van der Waals surface area contributed by atoms with Crippen LogP contribution in [0.1, 0.15) is 12.5 Å². The summed E-state index contributed by atoms with van der Waals surface area (Å²) in [4.78, 5) is 32.0. The van der Waals surface area contributed by atoms with Crippen LogP contribution in [0, 0.1) is 0 Å². The summed E-state index contributed by atoms with van der Waals surface area (Å²) in [6, 6.07) is 7.92. The Hall–Kier alpha value is -3.10. The molecule has 0 spiro atoms. The van der Waals surface area contributed by atoms with Gasteiger partial charge in [0.25, 0.3) is 15.9 Å². The first-order valence-corrected chi connectivity index (χ1v) is 13.1. The molecule has 0 aliphatic carbocycles. The molecule has 1 fully saturated rings. The first kappa shape index (κ1) is 25.0. The number of pyridine rings is 1. The third-order valence-corrected chi connectivity index (χ3v) is 8.57. The van der Waals surface area contributed by atoms with E-state index < -0.39 is 33.5 Å². The van der Waals surface area contributed by atoms with Crippen LogP contribution < -0.4 is 9.62 Å². The number of halogens is 3. The first-order chi connectivity index (χ1) is 16.5. The highest BCUT2D eigenvalue weighted by Crippen LogP contribution is 2.38. The number of imide groups is 1. The maximum atomic E-state index is 13.1. The Bertz CT molecular complexity index is 1350. The van der Waals surface area contributed by atoms with E-state index in [2.05, 4.69) is 9.71 Å². The molecule has 1 saturated heterocycles. The van der Waals surface area contributed by atoms with Gasteiger partial charge in [0.15, 0.2) is 0 Å². The van der Waals surface area contributed by atoms with E-state index in [0.717, 1.165) is 16.2 Å². The number of anilines is 2. The van der Waals surface area contributed by atoms with E-state index in [4.69, 9.17) is 0 Å². The molecule has 2 aromatic heterocycles. The van der Waals surface area contributed by atoms with Crippen LogP contribution in [0.3, 0.4) is 0 Å². The topological polar surface area (TPSA) is 99.7 Å². The van der Waals surface area contributed by atoms with E-state index in [1.54, 1.807) is 11.4 Å². The lowest BCUT2D eigenvalue weighted by Crippen LogP contribution is -2.33. The second-order valence-electron chi connectivity index (χ2n) is 7.37. The molecule has 8 nitrogen and oxygen atoms in total. The predicted octanol–water partition coefficient (Wildman–Crippen LogP) is 4.91. The number of hydrogen-bond acceptors (Lipinski definition) is 7. The Balaban J connectivity index is 1.55. The van der Waals surface area contributed by atoms with Gasteiger partial charge in [0, 0.05) is 11.1 Å². The summed E-state index contributed by atoms with van der Waals surface area (Å²) in [5.74, 6) is -0.555. The summed E-state index contributed by atoms with van der Waals surface area (Å²) < 4.78 is 65.6. The van der Waals surface area contributed by atoms with Gasteiger partial charge in [-0.25, -0.2) is 18.1 Å². The van der Waals surface area contributed by atoms with Crippen molar-refractivity contribution in [2.75, 3.05) is 9.62 Å². The Morgan fingerprint density at radius 2 is 1.86 bits per heavy atom. The van der Waals surface area contributed by atoms with Crippen molar-refractivity contribution in [3.8, 4) is 0 Å². The molecular formula is C21H17F3N4O4S3. The summed E-state index contributed by atoms with van der Waals surface area (Å²) in [5, 5.41) is 1.62. The van der Waals surface area contributed by atoms with E-state index in [1.807, 2.05) is 0 Å². The van der Waals surface area contributed by atoms with Crippen molar-refractivity contribution in [2.24, 2.45) is 0 Å². The zero-order chi connectivity index (χ0) is 25.4. The number of aromatic nitrogens is 1. The van der Waals surface area contributed by atoms with Crippen LogP contribution in [-0.4, -0.2) is 41.8 Å². The van der Waals surface area contributed by atoms with Gasteiger partial charge in [0.2, 0.25) is 0 Å². The third kappa shape index (κ3) is 5.44.